The molecule has 102 valence electrons. The Morgan fingerprint density at radius 1 is 1.41 bits per heavy atom. The van der Waals surface area contributed by atoms with Gasteiger partial charge in [-0.05, 0) is 45.6 Å². The van der Waals surface area contributed by atoms with E-state index in [9.17, 15) is 5.11 Å². The van der Waals surface area contributed by atoms with E-state index in [1.165, 1.54) is 12.8 Å². The van der Waals surface area contributed by atoms with Crippen LogP contribution in [0.15, 0.2) is 0 Å². The smallest absolute Gasteiger partial charge is 0.0900 e. The van der Waals surface area contributed by atoms with E-state index < -0.39 is 6.10 Å². The van der Waals surface area contributed by atoms with Crippen molar-refractivity contribution in [1.29, 1.82) is 0 Å². The first-order chi connectivity index (χ1) is 8.11. The summed E-state index contributed by atoms with van der Waals surface area (Å²) in [7, 11) is 0. The molecule has 0 radical (unpaired) electrons. The normalized spacial score (nSPS) is 24.2. The van der Waals surface area contributed by atoms with Gasteiger partial charge in [0, 0.05) is 19.7 Å². The average Bonchev–Trinajstić information content (AvgIpc) is 2.27. The lowest BCUT2D eigenvalue weighted by molar-refractivity contribution is -0.0142. The van der Waals surface area contributed by atoms with Gasteiger partial charge in [0.15, 0.2) is 0 Å². The molecule has 4 heteroatoms. The zero-order valence-corrected chi connectivity index (χ0v) is 11.1. The standard InChI is InChI=1S/C13H27NO3/c1-11(2)17-10-13(16)9-14-6-3-4-12(8-14)5-7-15/h11-13,15-16H,3-10H2,1-2H3. The molecule has 0 aromatic carbocycles. The molecule has 2 atom stereocenters. The third-order valence-corrected chi connectivity index (χ3v) is 3.23. The zero-order chi connectivity index (χ0) is 12.7. The minimum atomic E-state index is -0.398. The first kappa shape index (κ1) is 14.9. The minimum Gasteiger partial charge on any atom is -0.396 e. The lowest BCUT2D eigenvalue weighted by atomic mass is 9.95. The average molecular weight is 245 g/mol. The van der Waals surface area contributed by atoms with Crippen LogP contribution in [0.3, 0.4) is 0 Å². The Morgan fingerprint density at radius 3 is 2.82 bits per heavy atom. The highest BCUT2D eigenvalue weighted by molar-refractivity contribution is 4.75. The maximum atomic E-state index is 9.85. The van der Waals surface area contributed by atoms with Gasteiger partial charge in [0.2, 0.25) is 0 Å². The zero-order valence-electron chi connectivity index (χ0n) is 11.1. The van der Waals surface area contributed by atoms with E-state index in [1.807, 2.05) is 13.8 Å². The number of ether oxygens (including phenoxy) is 1. The summed E-state index contributed by atoms with van der Waals surface area (Å²) in [5.74, 6) is 0.590. The van der Waals surface area contributed by atoms with Crippen molar-refractivity contribution in [3.8, 4) is 0 Å². The van der Waals surface area contributed by atoms with Crippen LogP contribution in [-0.2, 0) is 4.74 Å². The Morgan fingerprint density at radius 2 is 2.18 bits per heavy atom. The van der Waals surface area contributed by atoms with E-state index in [1.54, 1.807) is 0 Å². The summed E-state index contributed by atoms with van der Waals surface area (Å²) in [6.45, 7) is 7.39. The Bertz CT molecular complexity index is 197. The van der Waals surface area contributed by atoms with E-state index in [2.05, 4.69) is 4.90 Å². The second-order valence-corrected chi connectivity index (χ2v) is 5.32. The molecule has 0 bridgehead atoms. The molecule has 4 nitrogen and oxygen atoms in total. The molecule has 0 saturated carbocycles. The third-order valence-electron chi connectivity index (χ3n) is 3.23. The van der Waals surface area contributed by atoms with Gasteiger partial charge >= 0.3 is 0 Å². The Balaban J connectivity index is 2.20. The second-order valence-electron chi connectivity index (χ2n) is 5.32. The quantitative estimate of drug-likeness (QED) is 0.699. The molecule has 1 rings (SSSR count). The maximum absolute atomic E-state index is 9.85. The molecule has 2 unspecified atom stereocenters. The van der Waals surface area contributed by atoms with Crippen molar-refractivity contribution in [2.24, 2.45) is 5.92 Å². The molecule has 0 spiro atoms. The number of piperidine rings is 1. The molecular formula is C13H27NO3. The number of aliphatic hydroxyl groups excluding tert-OH is 2. The van der Waals surface area contributed by atoms with Crippen LogP contribution in [0.2, 0.25) is 0 Å². The summed E-state index contributed by atoms with van der Waals surface area (Å²) >= 11 is 0. The highest BCUT2D eigenvalue weighted by Gasteiger charge is 2.21. The van der Waals surface area contributed by atoms with Gasteiger partial charge in [-0.25, -0.2) is 0 Å². The lowest BCUT2D eigenvalue weighted by Crippen LogP contribution is -2.41. The molecular weight excluding hydrogens is 218 g/mol. The van der Waals surface area contributed by atoms with Crippen LogP contribution in [0.1, 0.15) is 33.1 Å². The molecule has 1 saturated heterocycles. The van der Waals surface area contributed by atoms with Crippen LogP contribution in [0.4, 0.5) is 0 Å². The molecule has 0 aromatic heterocycles. The molecule has 0 amide bonds. The first-order valence-electron chi connectivity index (χ1n) is 6.74. The van der Waals surface area contributed by atoms with Crippen LogP contribution < -0.4 is 0 Å². The van der Waals surface area contributed by atoms with Gasteiger partial charge < -0.3 is 19.8 Å². The van der Waals surface area contributed by atoms with Gasteiger partial charge in [-0.15, -0.1) is 0 Å². The summed E-state index contributed by atoms with van der Waals surface area (Å²) in [4.78, 5) is 2.29. The molecule has 1 aliphatic heterocycles. The van der Waals surface area contributed by atoms with Crippen molar-refractivity contribution in [3.05, 3.63) is 0 Å². The predicted molar refractivity (Wildman–Crippen MR) is 68.0 cm³/mol. The van der Waals surface area contributed by atoms with Gasteiger partial charge in [0.05, 0.1) is 18.8 Å². The van der Waals surface area contributed by atoms with E-state index in [4.69, 9.17) is 9.84 Å². The Kier molecular flexibility index (Phi) is 7.04. The Hall–Kier alpha value is -0.160. The van der Waals surface area contributed by atoms with E-state index in [-0.39, 0.29) is 12.7 Å². The molecule has 1 heterocycles. The van der Waals surface area contributed by atoms with Gasteiger partial charge in [0.1, 0.15) is 0 Å². The summed E-state index contributed by atoms with van der Waals surface area (Å²) < 4.78 is 5.40. The van der Waals surface area contributed by atoms with E-state index in [0.717, 1.165) is 19.5 Å². The summed E-state index contributed by atoms with van der Waals surface area (Å²) in [5, 5.41) is 18.8. The van der Waals surface area contributed by atoms with Gasteiger partial charge in [-0.2, -0.15) is 0 Å². The fourth-order valence-corrected chi connectivity index (χ4v) is 2.39. The third kappa shape index (κ3) is 6.36. The van der Waals surface area contributed by atoms with Crippen molar-refractivity contribution >= 4 is 0 Å². The van der Waals surface area contributed by atoms with E-state index in [0.29, 0.717) is 19.1 Å². The fraction of sp³-hybridized carbons (Fsp3) is 1.00. The molecule has 1 fully saturated rings. The van der Waals surface area contributed by atoms with Gasteiger partial charge in [-0.1, -0.05) is 0 Å². The van der Waals surface area contributed by atoms with Crippen molar-refractivity contribution < 1.29 is 14.9 Å². The van der Waals surface area contributed by atoms with Gasteiger partial charge in [0.25, 0.3) is 0 Å². The maximum Gasteiger partial charge on any atom is 0.0900 e. The number of hydrogen-bond acceptors (Lipinski definition) is 4. The number of likely N-dealkylation sites (tertiary alicyclic amines) is 1. The van der Waals surface area contributed by atoms with Crippen LogP contribution >= 0.6 is 0 Å². The van der Waals surface area contributed by atoms with Crippen LogP contribution in [0.25, 0.3) is 0 Å². The van der Waals surface area contributed by atoms with Crippen molar-refractivity contribution in [1.82, 2.24) is 4.90 Å². The predicted octanol–water partition coefficient (Wildman–Crippen LogP) is 0.867. The number of nitrogens with zero attached hydrogens (tertiary/aromatic N) is 1. The number of rotatable bonds is 7. The van der Waals surface area contributed by atoms with Crippen molar-refractivity contribution in [2.45, 2.75) is 45.3 Å². The molecule has 1 aliphatic rings. The molecule has 0 aliphatic carbocycles. The minimum absolute atomic E-state index is 0.174. The second kappa shape index (κ2) is 8.03. The monoisotopic (exact) mass is 245 g/mol. The number of aliphatic hydroxyl groups is 2. The summed E-state index contributed by atoms with van der Waals surface area (Å²) in [6.07, 6.45) is 3.03. The van der Waals surface area contributed by atoms with E-state index >= 15 is 0 Å². The topological polar surface area (TPSA) is 52.9 Å². The van der Waals surface area contributed by atoms with Crippen LogP contribution in [0.5, 0.6) is 0 Å². The van der Waals surface area contributed by atoms with Crippen molar-refractivity contribution in [2.75, 3.05) is 32.8 Å². The molecule has 2 N–H and O–H groups in total. The van der Waals surface area contributed by atoms with Gasteiger partial charge in [-0.3, -0.25) is 0 Å². The number of β-amino-alcohol motifs (C(OH)–C–C–N with tert-alkyl or cyclic N) is 1. The largest absolute Gasteiger partial charge is 0.396 e. The highest BCUT2D eigenvalue weighted by Crippen LogP contribution is 2.19. The molecule has 17 heavy (non-hydrogen) atoms. The highest BCUT2D eigenvalue weighted by atomic mass is 16.5. The van der Waals surface area contributed by atoms with Crippen molar-refractivity contribution in [3.63, 3.8) is 0 Å². The van der Waals surface area contributed by atoms with Crippen LogP contribution in [0, 0.1) is 5.92 Å². The molecule has 0 aromatic rings. The summed E-state index contributed by atoms with van der Waals surface area (Å²) in [6, 6.07) is 0. The SMILES string of the molecule is CC(C)OCC(O)CN1CCCC(CCO)C1. The lowest BCUT2D eigenvalue weighted by Gasteiger charge is -2.33. The first-order valence-corrected chi connectivity index (χ1v) is 6.74. The fourth-order valence-electron chi connectivity index (χ4n) is 2.39. The van der Waals surface area contributed by atoms with Crippen LogP contribution in [-0.4, -0.2) is 60.2 Å². The Labute approximate surface area is 105 Å². The number of hydrogen-bond donors (Lipinski definition) is 2. The summed E-state index contributed by atoms with van der Waals surface area (Å²) in [5.41, 5.74) is 0.